The lowest BCUT2D eigenvalue weighted by atomic mass is 10.1. The summed E-state index contributed by atoms with van der Waals surface area (Å²) in [5.74, 6) is -0.266. The number of rotatable bonds is 5. The van der Waals surface area contributed by atoms with E-state index in [0.717, 1.165) is 4.90 Å². The van der Waals surface area contributed by atoms with Crippen LogP contribution in [0.1, 0.15) is 16.8 Å². The molecule has 1 saturated heterocycles. The second kappa shape index (κ2) is 8.99. The molecule has 0 spiro atoms. The summed E-state index contributed by atoms with van der Waals surface area (Å²) >= 11 is 1.51. The van der Waals surface area contributed by atoms with Gasteiger partial charge in [-0.25, -0.2) is 8.78 Å². The van der Waals surface area contributed by atoms with E-state index in [2.05, 4.69) is 0 Å². The third-order valence-corrected chi connectivity index (χ3v) is 5.40. The molecule has 4 nitrogen and oxygen atoms in total. The Hall–Kier alpha value is -2.41. The van der Waals surface area contributed by atoms with Crippen LogP contribution in [0.5, 0.6) is 0 Å². The fraction of sp³-hybridized carbons (Fsp3) is 0.300. The Morgan fingerprint density at radius 3 is 2.22 bits per heavy atom. The van der Waals surface area contributed by atoms with Crippen LogP contribution in [-0.4, -0.2) is 53.5 Å². The molecule has 2 aromatic rings. The van der Waals surface area contributed by atoms with Gasteiger partial charge in [0.05, 0.1) is 0 Å². The minimum absolute atomic E-state index is 0.0440. The molecular weight excluding hydrogens is 370 g/mol. The number of carbonyl (C=O) groups is 2. The van der Waals surface area contributed by atoms with E-state index in [1.165, 1.54) is 42.1 Å². The van der Waals surface area contributed by atoms with Gasteiger partial charge >= 0.3 is 0 Å². The van der Waals surface area contributed by atoms with Crippen LogP contribution in [0.25, 0.3) is 0 Å². The van der Waals surface area contributed by atoms with Gasteiger partial charge in [0.15, 0.2) is 0 Å². The molecule has 0 aromatic heterocycles. The van der Waals surface area contributed by atoms with E-state index in [9.17, 15) is 18.4 Å². The van der Waals surface area contributed by atoms with Crippen molar-refractivity contribution >= 4 is 23.6 Å². The molecular formula is C20H20F2N2O2S. The predicted molar refractivity (Wildman–Crippen MR) is 101 cm³/mol. The molecule has 1 heterocycles. The molecule has 0 saturated carbocycles. The van der Waals surface area contributed by atoms with Gasteiger partial charge in [0, 0.05) is 48.8 Å². The monoisotopic (exact) mass is 390 g/mol. The van der Waals surface area contributed by atoms with Crippen molar-refractivity contribution in [1.82, 2.24) is 9.80 Å². The highest BCUT2D eigenvalue weighted by Gasteiger charge is 2.24. The van der Waals surface area contributed by atoms with Crippen molar-refractivity contribution in [3.63, 3.8) is 0 Å². The van der Waals surface area contributed by atoms with Gasteiger partial charge in [-0.15, -0.1) is 11.8 Å². The Morgan fingerprint density at radius 2 is 1.56 bits per heavy atom. The molecule has 0 bridgehead atoms. The number of hydrogen-bond acceptors (Lipinski definition) is 3. The number of nitrogens with zero attached hydrogens (tertiary/aromatic N) is 2. The molecule has 1 aliphatic rings. The van der Waals surface area contributed by atoms with Crippen molar-refractivity contribution in [2.75, 3.05) is 31.9 Å². The highest BCUT2D eigenvalue weighted by atomic mass is 32.2. The first-order valence-corrected chi connectivity index (χ1v) is 9.72. The molecule has 0 aliphatic carbocycles. The topological polar surface area (TPSA) is 40.6 Å². The zero-order chi connectivity index (χ0) is 19.2. The molecule has 7 heteroatoms. The first-order chi connectivity index (χ1) is 13.0. The normalized spacial score (nSPS) is 14.3. The fourth-order valence-corrected chi connectivity index (χ4v) is 3.75. The Bertz CT molecular complexity index is 806. The lowest BCUT2D eigenvalue weighted by Gasteiger charge is -2.35. The summed E-state index contributed by atoms with van der Waals surface area (Å²) in [6, 6.07) is 11.8. The molecule has 1 aliphatic heterocycles. The maximum absolute atomic E-state index is 13.3. The molecule has 2 aromatic carbocycles. The van der Waals surface area contributed by atoms with Gasteiger partial charge in [0.1, 0.15) is 11.6 Å². The Morgan fingerprint density at radius 1 is 0.889 bits per heavy atom. The van der Waals surface area contributed by atoms with Crippen LogP contribution >= 0.6 is 11.8 Å². The van der Waals surface area contributed by atoms with Gasteiger partial charge in [0.2, 0.25) is 5.91 Å². The molecule has 0 atom stereocenters. The van der Waals surface area contributed by atoms with Gasteiger partial charge in [-0.3, -0.25) is 9.59 Å². The average molecular weight is 390 g/mol. The van der Waals surface area contributed by atoms with Crippen LogP contribution in [0, 0.1) is 11.6 Å². The third-order valence-electron chi connectivity index (χ3n) is 4.39. The molecule has 1 fully saturated rings. The minimum atomic E-state index is -0.437. The van der Waals surface area contributed by atoms with Crippen LogP contribution in [-0.2, 0) is 4.79 Å². The summed E-state index contributed by atoms with van der Waals surface area (Å²) < 4.78 is 26.2. The van der Waals surface area contributed by atoms with Crippen LogP contribution in [0.4, 0.5) is 8.78 Å². The second-order valence-corrected chi connectivity index (χ2v) is 7.40. The maximum atomic E-state index is 13.3. The zero-order valence-electron chi connectivity index (χ0n) is 14.7. The van der Waals surface area contributed by atoms with E-state index in [1.807, 2.05) is 0 Å². The quantitative estimate of drug-likeness (QED) is 0.735. The highest BCUT2D eigenvalue weighted by Crippen LogP contribution is 2.19. The number of carbonyl (C=O) groups excluding carboxylic acids is 2. The first kappa shape index (κ1) is 19.4. The number of halogens is 2. The van der Waals surface area contributed by atoms with E-state index in [-0.39, 0.29) is 17.6 Å². The van der Waals surface area contributed by atoms with E-state index in [4.69, 9.17) is 0 Å². The van der Waals surface area contributed by atoms with Crippen LogP contribution < -0.4 is 0 Å². The summed E-state index contributed by atoms with van der Waals surface area (Å²) in [6.07, 6.45) is 0.389. The molecule has 0 unspecified atom stereocenters. The SMILES string of the molecule is O=C(CCSc1ccc(F)cc1)N1CCN(C(=O)c2cccc(F)c2)CC1. The number of amides is 2. The lowest BCUT2D eigenvalue weighted by Crippen LogP contribution is -2.50. The van der Waals surface area contributed by atoms with Crippen molar-refractivity contribution in [3.05, 3.63) is 65.7 Å². The van der Waals surface area contributed by atoms with Crippen molar-refractivity contribution in [3.8, 4) is 0 Å². The van der Waals surface area contributed by atoms with Gasteiger partial charge < -0.3 is 9.80 Å². The summed E-state index contributed by atoms with van der Waals surface area (Å²) in [6.45, 7) is 1.82. The smallest absolute Gasteiger partial charge is 0.254 e. The largest absolute Gasteiger partial charge is 0.339 e. The molecule has 0 radical (unpaired) electrons. The van der Waals surface area contributed by atoms with Gasteiger partial charge in [-0.1, -0.05) is 6.07 Å². The second-order valence-electron chi connectivity index (χ2n) is 6.24. The van der Waals surface area contributed by atoms with Crippen LogP contribution in [0.3, 0.4) is 0 Å². The van der Waals surface area contributed by atoms with E-state index in [0.29, 0.717) is 43.9 Å². The standard InChI is InChI=1S/C20H20F2N2O2S/c21-16-4-6-18(7-5-16)27-13-8-19(25)23-9-11-24(12-10-23)20(26)15-2-1-3-17(22)14-15/h1-7,14H,8-13H2. The summed E-state index contributed by atoms with van der Waals surface area (Å²) in [7, 11) is 0. The molecule has 2 amide bonds. The Kier molecular flexibility index (Phi) is 6.45. The number of hydrogen-bond donors (Lipinski definition) is 0. The molecule has 142 valence electrons. The van der Waals surface area contributed by atoms with Crippen molar-refractivity contribution in [2.24, 2.45) is 0 Å². The Balaban J connectivity index is 1.43. The van der Waals surface area contributed by atoms with Gasteiger partial charge in [-0.2, -0.15) is 0 Å². The van der Waals surface area contributed by atoms with Gasteiger partial charge in [0.25, 0.3) is 5.91 Å². The molecule has 3 rings (SSSR count). The minimum Gasteiger partial charge on any atom is -0.339 e. The third kappa shape index (κ3) is 5.29. The van der Waals surface area contributed by atoms with E-state index < -0.39 is 5.82 Å². The lowest BCUT2D eigenvalue weighted by molar-refractivity contribution is -0.132. The van der Waals surface area contributed by atoms with Gasteiger partial charge in [-0.05, 0) is 42.5 Å². The van der Waals surface area contributed by atoms with E-state index in [1.54, 1.807) is 28.0 Å². The number of piperazine rings is 1. The summed E-state index contributed by atoms with van der Waals surface area (Å²) in [4.78, 5) is 29.1. The number of benzene rings is 2. The zero-order valence-corrected chi connectivity index (χ0v) is 15.6. The van der Waals surface area contributed by atoms with Crippen molar-refractivity contribution in [1.29, 1.82) is 0 Å². The number of thioether (sulfide) groups is 1. The molecule has 0 N–H and O–H groups in total. The van der Waals surface area contributed by atoms with E-state index >= 15 is 0 Å². The summed E-state index contributed by atoms with van der Waals surface area (Å²) in [5, 5.41) is 0. The fourth-order valence-electron chi connectivity index (χ4n) is 2.91. The Labute approximate surface area is 161 Å². The van der Waals surface area contributed by atoms with Crippen molar-refractivity contribution in [2.45, 2.75) is 11.3 Å². The molecule has 27 heavy (non-hydrogen) atoms. The van der Waals surface area contributed by atoms with Crippen molar-refractivity contribution < 1.29 is 18.4 Å². The van der Waals surface area contributed by atoms with Crippen LogP contribution in [0.2, 0.25) is 0 Å². The highest BCUT2D eigenvalue weighted by molar-refractivity contribution is 7.99. The first-order valence-electron chi connectivity index (χ1n) is 8.74. The average Bonchev–Trinajstić information content (AvgIpc) is 2.69. The summed E-state index contributed by atoms with van der Waals surface area (Å²) in [5.41, 5.74) is 0.325. The van der Waals surface area contributed by atoms with Crippen LogP contribution in [0.15, 0.2) is 53.4 Å². The predicted octanol–water partition coefficient (Wildman–Crippen LogP) is 3.43. The maximum Gasteiger partial charge on any atom is 0.254 e.